The first-order valence-corrected chi connectivity index (χ1v) is 12.1. The highest BCUT2D eigenvalue weighted by atomic mass is 16.5. The molecule has 1 atom stereocenters. The van der Waals surface area contributed by atoms with E-state index in [1.165, 1.54) is 0 Å². The van der Waals surface area contributed by atoms with E-state index in [-0.39, 0.29) is 24.3 Å². The normalized spacial score (nSPS) is 19.3. The van der Waals surface area contributed by atoms with E-state index in [4.69, 9.17) is 4.74 Å². The van der Waals surface area contributed by atoms with Crippen molar-refractivity contribution in [2.45, 2.75) is 51.3 Å². The summed E-state index contributed by atoms with van der Waals surface area (Å²) in [5.74, 6) is -0.336. The van der Waals surface area contributed by atoms with Crippen LogP contribution in [-0.4, -0.2) is 65.5 Å². The first kappa shape index (κ1) is 24.0. The van der Waals surface area contributed by atoms with Crippen LogP contribution in [0.3, 0.4) is 0 Å². The maximum atomic E-state index is 13.7. The quantitative estimate of drug-likeness (QED) is 0.715. The molecule has 2 fully saturated rings. The first-order chi connectivity index (χ1) is 16.4. The van der Waals surface area contributed by atoms with Gasteiger partial charge in [-0.25, -0.2) is 0 Å². The Morgan fingerprint density at radius 3 is 2.47 bits per heavy atom. The van der Waals surface area contributed by atoms with Crippen LogP contribution in [0.25, 0.3) is 0 Å². The molecular formula is C27H33N3O4. The molecule has 0 saturated carbocycles. The van der Waals surface area contributed by atoms with E-state index in [9.17, 15) is 14.4 Å². The SMILES string of the molecule is CCCNC(=O)[C@@H]1COC2(CCN(C(=O)Cc3ccccc3)CC2)N1C(=O)c1cccc(C)c1. The number of nitrogens with one attached hydrogen (secondary N) is 1. The molecule has 0 radical (unpaired) electrons. The predicted octanol–water partition coefficient (Wildman–Crippen LogP) is 2.92. The number of carbonyl (C=O) groups is 3. The molecule has 3 amide bonds. The van der Waals surface area contributed by atoms with Gasteiger partial charge in [-0.1, -0.05) is 55.0 Å². The van der Waals surface area contributed by atoms with Crippen molar-refractivity contribution >= 4 is 17.7 Å². The van der Waals surface area contributed by atoms with Crippen molar-refractivity contribution in [1.82, 2.24) is 15.1 Å². The zero-order chi connectivity index (χ0) is 24.1. The summed E-state index contributed by atoms with van der Waals surface area (Å²) in [7, 11) is 0. The average molecular weight is 464 g/mol. The van der Waals surface area contributed by atoms with Gasteiger partial charge in [0.1, 0.15) is 11.8 Å². The van der Waals surface area contributed by atoms with Gasteiger partial charge in [-0.3, -0.25) is 19.3 Å². The largest absolute Gasteiger partial charge is 0.354 e. The number of likely N-dealkylation sites (tertiary alicyclic amines) is 1. The lowest BCUT2D eigenvalue weighted by atomic mass is 9.96. The number of aryl methyl sites for hydroxylation is 1. The third-order valence-electron chi connectivity index (χ3n) is 6.69. The minimum Gasteiger partial charge on any atom is -0.354 e. The summed E-state index contributed by atoms with van der Waals surface area (Å²) in [5, 5.41) is 2.92. The van der Waals surface area contributed by atoms with Crippen molar-refractivity contribution < 1.29 is 19.1 Å². The molecular weight excluding hydrogens is 430 g/mol. The minimum absolute atomic E-state index is 0.0628. The number of hydrogen-bond acceptors (Lipinski definition) is 4. The minimum atomic E-state index is -0.890. The Balaban J connectivity index is 1.53. The van der Waals surface area contributed by atoms with Crippen molar-refractivity contribution in [2.24, 2.45) is 0 Å². The van der Waals surface area contributed by atoms with E-state index in [0.29, 0.717) is 44.5 Å². The Bertz CT molecular complexity index is 1030. The fourth-order valence-electron chi connectivity index (χ4n) is 4.84. The van der Waals surface area contributed by atoms with Gasteiger partial charge in [0, 0.05) is 38.0 Å². The van der Waals surface area contributed by atoms with Crippen molar-refractivity contribution in [2.75, 3.05) is 26.2 Å². The lowest BCUT2D eigenvalue weighted by molar-refractivity contribution is -0.143. The Morgan fingerprint density at radius 2 is 1.79 bits per heavy atom. The maximum Gasteiger partial charge on any atom is 0.256 e. The highest BCUT2D eigenvalue weighted by molar-refractivity contribution is 5.98. The van der Waals surface area contributed by atoms with E-state index < -0.39 is 11.8 Å². The molecule has 2 aromatic carbocycles. The second-order valence-electron chi connectivity index (χ2n) is 9.15. The summed E-state index contributed by atoms with van der Waals surface area (Å²) in [5.41, 5.74) is 1.61. The molecule has 1 spiro atoms. The Hall–Kier alpha value is -3.19. The summed E-state index contributed by atoms with van der Waals surface area (Å²) < 4.78 is 6.23. The number of amides is 3. The molecule has 0 unspecified atom stereocenters. The predicted molar refractivity (Wildman–Crippen MR) is 129 cm³/mol. The van der Waals surface area contributed by atoms with Gasteiger partial charge >= 0.3 is 0 Å². The van der Waals surface area contributed by atoms with Crippen molar-refractivity contribution in [3.63, 3.8) is 0 Å². The molecule has 0 bridgehead atoms. The molecule has 2 heterocycles. The number of ether oxygens (including phenoxy) is 1. The molecule has 180 valence electrons. The van der Waals surface area contributed by atoms with E-state index >= 15 is 0 Å². The average Bonchev–Trinajstić information content (AvgIpc) is 3.21. The summed E-state index contributed by atoms with van der Waals surface area (Å²) in [6, 6.07) is 16.4. The highest BCUT2D eigenvalue weighted by Gasteiger charge is 2.54. The molecule has 4 rings (SSSR count). The van der Waals surface area contributed by atoms with Crippen LogP contribution in [0.4, 0.5) is 0 Å². The molecule has 7 nitrogen and oxygen atoms in total. The summed E-state index contributed by atoms with van der Waals surface area (Å²) in [4.78, 5) is 43.0. The van der Waals surface area contributed by atoms with Gasteiger partial charge in [0.2, 0.25) is 11.8 Å². The number of rotatable bonds is 6. The standard InChI is InChI=1S/C27H33N3O4/c1-3-14-28-25(32)23-19-34-27(30(23)26(33)22-11-7-8-20(2)17-22)12-15-29(16-13-27)24(31)18-21-9-5-4-6-10-21/h4-11,17,23H,3,12-16,18-19H2,1-2H3,(H,28,32)/t23-/m0/s1. The molecule has 2 aliphatic rings. The fraction of sp³-hybridized carbons (Fsp3) is 0.444. The number of piperidine rings is 1. The van der Waals surface area contributed by atoms with E-state index in [1.54, 1.807) is 11.0 Å². The lowest BCUT2D eigenvalue weighted by Gasteiger charge is -2.44. The van der Waals surface area contributed by atoms with Crippen molar-refractivity contribution in [3.8, 4) is 0 Å². The molecule has 2 saturated heterocycles. The topological polar surface area (TPSA) is 79.0 Å². The van der Waals surface area contributed by atoms with Crippen molar-refractivity contribution in [1.29, 1.82) is 0 Å². The van der Waals surface area contributed by atoms with E-state index in [2.05, 4.69) is 5.32 Å². The Morgan fingerprint density at radius 1 is 1.06 bits per heavy atom. The smallest absolute Gasteiger partial charge is 0.256 e. The van der Waals surface area contributed by atoms with Gasteiger partial charge in [0.25, 0.3) is 5.91 Å². The number of benzene rings is 2. The van der Waals surface area contributed by atoms with Crippen LogP contribution in [-0.2, 0) is 20.7 Å². The molecule has 34 heavy (non-hydrogen) atoms. The summed E-state index contributed by atoms with van der Waals surface area (Å²) in [6.45, 7) is 5.60. The molecule has 2 aromatic rings. The second-order valence-corrected chi connectivity index (χ2v) is 9.15. The van der Waals surface area contributed by atoms with Gasteiger partial charge in [-0.2, -0.15) is 0 Å². The second kappa shape index (κ2) is 10.4. The third-order valence-corrected chi connectivity index (χ3v) is 6.69. The highest BCUT2D eigenvalue weighted by Crippen LogP contribution is 2.38. The van der Waals surface area contributed by atoms with Gasteiger partial charge in [0.15, 0.2) is 0 Å². The zero-order valence-corrected chi connectivity index (χ0v) is 20.0. The number of nitrogens with zero attached hydrogens (tertiary/aromatic N) is 2. The Labute approximate surface area is 201 Å². The monoisotopic (exact) mass is 463 g/mol. The van der Waals surface area contributed by atoms with Gasteiger partial charge < -0.3 is 15.0 Å². The molecule has 2 aliphatic heterocycles. The molecule has 1 N–H and O–H groups in total. The summed E-state index contributed by atoms with van der Waals surface area (Å²) >= 11 is 0. The molecule has 7 heteroatoms. The third kappa shape index (κ3) is 4.99. The fourth-order valence-corrected chi connectivity index (χ4v) is 4.84. The lowest BCUT2D eigenvalue weighted by Crippen LogP contribution is -2.60. The van der Waals surface area contributed by atoms with E-state index in [1.807, 2.05) is 67.3 Å². The van der Waals surface area contributed by atoms with Crippen LogP contribution in [0.15, 0.2) is 54.6 Å². The number of carbonyl (C=O) groups excluding carboxylic acids is 3. The van der Waals surface area contributed by atoms with Crippen LogP contribution < -0.4 is 5.32 Å². The van der Waals surface area contributed by atoms with Crippen molar-refractivity contribution in [3.05, 3.63) is 71.3 Å². The van der Waals surface area contributed by atoms with Crippen LogP contribution in [0.1, 0.15) is 47.7 Å². The Kier molecular flexibility index (Phi) is 7.32. The van der Waals surface area contributed by atoms with Gasteiger partial charge in [0.05, 0.1) is 13.0 Å². The van der Waals surface area contributed by atoms with Crippen LogP contribution in [0.2, 0.25) is 0 Å². The summed E-state index contributed by atoms with van der Waals surface area (Å²) in [6.07, 6.45) is 2.11. The van der Waals surface area contributed by atoms with Gasteiger partial charge in [-0.15, -0.1) is 0 Å². The molecule has 0 aromatic heterocycles. The first-order valence-electron chi connectivity index (χ1n) is 12.1. The maximum absolute atomic E-state index is 13.7. The zero-order valence-electron chi connectivity index (χ0n) is 20.0. The van der Waals surface area contributed by atoms with Crippen LogP contribution >= 0.6 is 0 Å². The number of hydrogen-bond donors (Lipinski definition) is 1. The van der Waals surface area contributed by atoms with Crippen LogP contribution in [0.5, 0.6) is 0 Å². The van der Waals surface area contributed by atoms with Gasteiger partial charge in [-0.05, 0) is 31.0 Å². The molecule has 0 aliphatic carbocycles. The van der Waals surface area contributed by atoms with E-state index in [0.717, 1.165) is 17.5 Å². The van der Waals surface area contributed by atoms with Crippen LogP contribution in [0, 0.1) is 6.92 Å².